The zero-order chi connectivity index (χ0) is 37.0. The van der Waals surface area contributed by atoms with E-state index in [1.807, 2.05) is 66.7 Å². The number of nitrogens with zero attached hydrogens (tertiary/aromatic N) is 2. The molecule has 0 spiro atoms. The highest BCUT2D eigenvalue weighted by molar-refractivity contribution is 6.46. The molecule has 5 aromatic rings. The number of carbonyl (C=O) groups excluding carboxylic acids is 4. The number of unbranched alkanes of at least 4 members (excludes halogenated alkanes) is 3. The van der Waals surface area contributed by atoms with Crippen LogP contribution in [0.25, 0.3) is 21.8 Å². The first-order valence-electron chi connectivity index (χ1n) is 18.5. The standard InChI is InChI=1S/C44H48N2O6/c1-5-8-11-17-39(45-52-30(4)47)44(50)35-21-25-41-38(28-35)37-27-34(20-24-40(37)46(41)29-31(7-3)14-9-6-2)43(49)33-18-22-36(23-19-33)51-42(48)26-32-15-12-10-13-16-32/h10,12-13,15-16,18-25,27-28,31H,5-9,11,14,17,26,29H2,1-4H3/b45-39+. The molecule has 0 fully saturated rings. The summed E-state index contributed by atoms with van der Waals surface area (Å²) in [5.74, 6) is -0.570. The molecule has 1 unspecified atom stereocenters. The third-order valence-corrected chi connectivity index (χ3v) is 9.48. The molecule has 0 saturated carbocycles. The maximum Gasteiger partial charge on any atom is 0.331 e. The van der Waals surface area contributed by atoms with Gasteiger partial charge >= 0.3 is 11.9 Å². The minimum atomic E-state index is -0.580. The highest BCUT2D eigenvalue weighted by Crippen LogP contribution is 2.33. The molecule has 0 aliphatic carbocycles. The van der Waals surface area contributed by atoms with Gasteiger partial charge in [-0.05, 0) is 91.4 Å². The summed E-state index contributed by atoms with van der Waals surface area (Å²) in [6.07, 6.45) is 7.65. The van der Waals surface area contributed by atoms with E-state index in [0.717, 1.165) is 78.9 Å². The fraction of sp³-hybridized carbons (Fsp3) is 0.341. The van der Waals surface area contributed by atoms with Gasteiger partial charge in [-0.25, -0.2) is 4.79 Å². The normalized spacial score (nSPS) is 12.2. The molecule has 8 heteroatoms. The summed E-state index contributed by atoms with van der Waals surface area (Å²) in [6, 6.07) is 27.4. The molecule has 0 amide bonds. The van der Waals surface area contributed by atoms with Crippen molar-refractivity contribution in [3.8, 4) is 5.75 Å². The number of ketones is 2. The molecule has 0 N–H and O–H groups in total. The van der Waals surface area contributed by atoms with Crippen LogP contribution in [0.2, 0.25) is 0 Å². The van der Waals surface area contributed by atoms with Crippen LogP contribution < -0.4 is 4.74 Å². The molecule has 1 atom stereocenters. The number of ether oxygens (including phenoxy) is 1. The van der Waals surface area contributed by atoms with Crippen molar-refractivity contribution >= 4 is 51.0 Å². The van der Waals surface area contributed by atoms with Crippen molar-refractivity contribution < 1.29 is 28.8 Å². The van der Waals surface area contributed by atoms with Crippen LogP contribution in [0.3, 0.4) is 0 Å². The van der Waals surface area contributed by atoms with E-state index in [2.05, 4.69) is 30.5 Å². The molecule has 8 nitrogen and oxygen atoms in total. The number of Topliss-reactive ketones (excluding diaryl/α,β-unsaturated/α-hetero) is 1. The van der Waals surface area contributed by atoms with E-state index in [4.69, 9.17) is 9.57 Å². The number of carbonyl (C=O) groups is 4. The fourth-order valence-electron chi connectivity index (χ4n) is 6.56. The molecular formula is C44H48N2O6. The number of esters is 1. The maximum absolute atomic E-state index is 13.8. The van der Waals surface area contributed by atoms with Gasteiger partial charge in [-0.3, -0.25) is 14.4 Å². The molecule has 0 aliphatic heterocycles. The predicted molar refractivity (Wildman–Crippen MR) is 206 cm³/mol. The maximum atomic E-state index is 13.8. The quantitative estimate of drug-likeness (QED) is 0.0171. The summed E-state index contributed by atoms with van der Waals surface area (Å²) >= 11 is 0. The topological polar surface area (TPSA) is 104 Å². The number of benzene rings is 4. The van der Waals surface area contributed by atoms with Gasteiger partial charge in [0.1, 0.15) is 11.5 Å². The second kappa shape index (κ2) is 18.2. The van der Waals surface area contributed by atoms with Crippen molar-refractivity contribution in [3.63, 3.8) is 0 Å². The van der Waals surface area contributed by atoms with Crippen LogP contribution >= 0.6 is 0 Å². The summed E-state index contributed by atoms with van der Waals surface area (Å²) in [4.78, 5) is 56.6. The van der Waals surface area contributed by atoms with E-state index in [0.29, 0.717) is 34.8 Å². The van der Waals surface area contributed by atoms with Crippen LogP contribution in [0.1, 0.15) is 111 Å². The monoisotopic (exact) mass is 700 g/mol. The Balaban J connectivity index is 1.49. The minimum absolute atomic E-state index is 0.152. The van der Waals surface area contributed by atoms with Crippen LogP contribution in [-0.4, -0.2) is 33.8 Å². The van der Waals surface area contributed by atoms with Gasteiger partial charge in [0.15, 0.2) is 5.78 Å². The molecule has 0 bridgehead atoms. The van der Waals surface area contributed by atoms with Gasteiger partial charge < -0.3 is 14.1 Å². The van der Waals surface area contributed by atoms with E-state index < -0.39 is 5.97 Å². The lowest BCUT2D eigenvalue weighted by atomic mass is 9.98. The lowest BCUT2D eigenvalue weighted by Crippen LogP contribution is -2.16. The summed E-state index contributed by atoms with van der Waals surface area (Å²) in [6.45, 7) is 8.59. The molecule has 52 heavy (non-hydrogen) atoms. The molecule has 5 rings (SSSR count). The molecule has 0 radical (unpaired) electrons. The van der Waals surface area contributed by atoms with Gasteiger partial charge in [-0.2, -0.15) is 0 Å². The SMILES string of the molecule is CCCCC/C(=N\OC(C)=O)C(=O)c1ccc2c(c1)c1cc(C(=O)c3ccc(OC(=O)Cc4ccccc4)cc3)ccc1n2CC(CC)CCCC. The predicted octanol–water partition coefficient (Wildman–Crippen LogP) is 10.1. The second-order valence-corrected chi connectivity index (χ2v) is 13.4. The average Bonchev–Trinajstić information content (AvgIpc) is 3.46. The smallest absolute Gasteiger partial charge is 0.331 e. The number of fused-ring (bicyclic) bond motifs is 3. The Bertz CT molecular complexity index is 2060. The van der Waals surface area contributed by atoms with Crippen molar-refractivity contribution in [2.45, 2.75) is 92.0 Å². The summed E-state index contributed by atoms with van der Waals surface area (Å²) in [5.41, 5.74) is 4.46. The summed E-state index contributed by atoms with van der Waals surface area (Å²) in [7, 11) is 0. The molecule has 0 saturated heterocycles. The first-order chi connectivity index (χ1) is 25.2. The zero-order valence-electron chi connectivity index (χ0n) is 30.7. The number of oxime groups is 1. The van der Waals surface area contributed by atoms with Crippen LogP contribution in [-0.2, 0) is 27.4 Å². The third kappa shape index (κ3) is 9.49. The van der Waals surface area contributed by atoms with E-state index in [1.165, 1.54) is 6.92 Å². The van der Waals surface area contributed by atoms with Crippen molar-refractivity contribution in [1.82, 2.24) is 4.57 Å². The van der Waals surface area contributed by atoms with E-state index in [1.54, 1.807) is 24.3 Å². The first-order valence-corrected chi connectivity index (χ1v) is 18.5. The minimum Gasteiger partial charge on any atom is -0.426 e. The van der Waals surface area contributed by atoms with Gasteiger partial charge in [0.25, 0.3) is 0 Å². The Morgan fingerprint density at radius 2 is 1.37 bits per heavy atom. The lowest BCUT2D eigenvalue weighted by molar-refractivity contribution is -0.141. The fourth-order valence-corrected chi connectivity index (χ4v) is 6.56. The lowest BCUT2D eigenvalue weighted by Gasteiger charge is -2.17. The van der Waals surface area contributed by atoms with Gasteiger partial charge in [0, 0.05) is 52.0 Å². The summed E-state index contributed by atoms with van der Waals surface area (Å²) in [5, 5.41) is 5.68. The van der Waals surface area contributed by atoms with Crippen LogP contribution in [0.4, 0.5) is 0 Å². The van der Waals surface area contributed by atoms with E-state index in [9.17, 15) is 19.2 Å². The largest absolute Gasteiger partial charge is 0.426 e. The Kier molecular flexibility index (Phi) is 13.3. The highest BCUT2D eigenvalue weighted by Gasteiger charge is 2.21. The molecule has 270 valence electrons. The van der Waals surface area contributed by atoms with Gasteiger partial charge in [-0.15, -0.1) is 0 Å². The number of hydrogen-bond donors (Lipinski definition) is 0. The first kappa shape index (κ1) is 37.9. The van der Waals surface area contributed by atoms with Crippen molar-refractivity contribution in [2.24, 2.45) is 11.1 Å². The van der Waals surface area contributed by atoms with Crippen molar-refractivity contribution in [1.29, 1.82) is 0 Å². The number of rotatable bonds is 18. The van der Waals surface area contributed by atoms with Crippen LogP contribution in [0.15, 0.2) is 96.2 Å². The summed E-state index contributed by atoms with van der Waals surface area (Å²) < 4.78 is 7.83. The molecule has 1 heterocycles. The highest BCUT2D eigenvalue weighted by atomic mass is 16.7. The van der Waals surface area contributed by atoms with E-state index >= 15 is 0 Å². The second-order valence-electron chi connectivity index (χ2n) is 13.4. The van der Waals surface area contributed by atoms with Gasteiger partial charge in [0.05, 0.1) is 6.42 Å². The Hall–Kier alpha value is -5.37. The van der Waals surface area contributed by atoms with Crippen LogP contribution in [0, 0.1) is 5.92 Å². The van der Waals surface area contributed by atoms with Crippen molar-refractivity contribution in [2.75, 3.05) is 0 Å². The van der Waals surface area contributed by atoms with Gasteiger partial charge in [0.2, 0.25) is 5.78 Å². The average molecular weight is 701 g/mol. The number of aromatic nitrogens is 1. The number of hydrogen-bond acceptors (Lipinski definition) is 7. The van der Waals surface area contributed by atoms with Crippen LogP contribution in [0.5, 0.6) is 5.75 Å². The molecule has 4 aromatic carbocycles. The Labute approximate surface area is 305 Å². The third-order valence-electron chi connectivity index (χ3n) is 9.48. The molecule has 0 aliphatic rings. The van der Waals surface area contributed by atoms with Crippen molar-refractivity contribution in [3.05, 3.63) is 113 Å². The van der Waals surface area contributed by atoms with Gasteiger partial charge in [-0.1, -0.05) is 88.4 Å². The Morgan fingerprint density at radius 1 is 0.731 bits per heavy atom. The Morgan fingerprint density at radius 3 is 2.00 bits per heavy atom. The zero-order valence-corrected chi connectivity index (χ0v) is 30.7. The van der Waals surface area contributed by atoms with E-state index in [-0.39, 0.29) is 29.7 Å². The molecular weight excluding hydrogens is 652 g/mol. The molecule has 1 aromatic heterocycles.